The topological polar surface area (TPSA) is 63.6 Å². The van der Waals surface area contributed by atoms with Crippen LogP contribution in [-0.4, -0.2) is 24.0 Å². The molecule has 0 unspecified atom stereocenters. The summed E-state index contributed by atoms with van der Waals surface area (Å²) < 4.78 is 5.04. The van der Waals surface area contributed by atoms with Crippen molar-refractivity contribution < 1.29 is 19.4 Å². The van der Waals surface area contributed by atoms with Gasteiger partial charge in [0.05, 0.1) is 12.7 Å². The van der Waals surface area contributed by atoms with Crippen molar-refractivity contribution >= 4 is 22.5 Å². The molecule has 4 nitrogen and oxygen atoms in total. The minimum absolute atomic E-state index is 0.0955. The van der Waals surface area contributed by atoms with Gasteiger partial charge in [-0.25, -0.2) is 4.79 Å². The lowest BCUT2D eigenvalue weighted by Gasteiger charge is -2.09. The molecule has 0 bridgehead atoms. The number of benzene rings is 2. The van der Waals surface area contributed by atoms with Gasteiger partial charge in [0.25, 0.3) is 5.78 Å². The van der Waals surface area contributed by atoms with E-state index in [1.807, 2.05) is 12.1 Å². The number of ether oxygens (including phenoxy) is 1. The number of hydrogen-bond acceptors (Lipinski definition) is 3. The Labute approximate surface area is 97.4 Å². The first-order valence-electron chi connectivity index (χ1n) is 4.98. The summed E-state index contributed by atoms with van der Waals surface area (Å²) in [5.41, 5.74) is 0.0955. The quantitative estimate of drug-likeness (QED) is 0.648. The van der Waals surface area contributed by atoms with Crippen LogP contribution in [0.3, 0.4) is 0 Å². The average molecular weight is 230 g/mol. The standard InChI is InChI=1S/C13H10O4/c1-17-10-7-6-8-4-2-3-5-9(8)11(10)12(14)13(15)16/h2-7H,1H3,(H,15,16). The van der Waals surface area contributed by atoms with Crippen molar-refractivity contribution in [3.8, 4) is 5.75 Å². The van der Waals surface area contributed by atoms with Crippen molar-refractivity contribution in [2.75, 3.05) is 7.11 Å². The fourth-order valence-electron chi connectivity index (χ4n) is 1.76. The largest absolute Gasteiger partial charge is 0.496 e. The number of carboxylic acids is 1. The molecule has 17 heavy (non-hydrogen) atoms. The molecule has 0 aliphatic carbocycles. The summed E-state index contributed by atoms with van der Waals surface area (Å²) >= 11 is 0. The van der Waals surface area contributed by atoms with Crippen molar-refractivity contribution in [3.63, 3.8) is 0 Å². The van der Waals surface area contributed by atoms with E-state index in [0.29, 0.717) is 5.39 Å². The van der Waals surface area contributed by atoms with Gasteiger partial charge in [0.1, 0.15) is 5.75 Å². The van der Waals surface area contributed by atoms with E-state index in [1.54, 1.807) is 24.3 Å². The van der Waals surface area contributed by atoms with Crippen LogP contribution in [0.5, 0.6) is 5.75 Å². The molecule has 0 spiro atoms. The second-order valence-corrected chi connectivity index (χ2v) is 3.50. The lowest BCUT2D eigenvalue weighted by atomic mass is 10.0. The van der Waals surface area contributed by atoms with Gasteiger partial charge in [-0.05, 0) is 16.8 Å². The number of hydrogen-bond donors (Lipinski definition) is 1. The van der Waals surface area contributed by atoms with E-state index in [1.165, 1.54) is 7.11 Å². The number of carbonyl (C=O) groups excluding carboxylic acids is 1. The summed E-state index contributed by atoms with van der Waals surface area (Å²) in [6, 6.07) is 10.5. The van der Waals surface area contributed by atoms with Crippen molar-refractivity contribution in [1.29, 1.82) is 0 Å². The van der Waals surface area contributed by atoms with Crippen molar-refractivity contribution in [2.24, 2.45) is 0 Å². The second kappa shape index (κ2) is 4.25. The molecule has 0 atom stereocenters. The molecule has 2 rings (SSSR count). The molecule has 0 aliphatic heterocycles. The highest BCUT2D eigenvalue weighted by Crippen LogP contribution is 2.28. The molecule has 0 saturated heterocycles. The van der Waals surface area contributed by atoms with E-state index < -0.39 is 11.8 Å². The Morgan fingerprint density at radius 2 is 1.82 bits per heavy atom. The highest BCUT2D eigenvalue weighted by molar-refractivity contribution is 6.43. The average Bonchev–Trinajstić information content (AvgIpc) is 2.36. The summed E-state index contributed by atoms with van der Waals surface area (Å²) in [5, 5.41) is 10.2. The number of aliphatic carboxylic acids is 1. The van der Waals surface area contributed by atoms with Crippen LogP contribution in [0.15, 0.2) is 36.4 Å². The summed E-state index contributed by atoms with van der Waals surface area (Å²) in [6.07, 6.45) is 0. The number of ketones is 1. The molecule has 0 saturated carbocycles. The van der Waals surface area contributed by atoms with Gasteiger partial charge >= 0.3 is 5.97 Å². The zero-order valence-electron chi connectivity index (χ0n) is 9.14. The van der Waals surface area contributed by atoms with Crippen molar-refractivity contribution in [3.05, 3.63) is 42.0 Å². The third-order valence-electron chi connectivity index (χ3n) is 2.53. The van der Waals surface area contributed by atoms with Gasteiger partial charge in [0.15, 0.2) is 0 Å². The normalized spacial score (nSPS) is 10.2. The zero-order valence-corrected chi connectivity index (χ0v) is 9.14. The van der Waals surface area contributed by atoms with Gasteiger partial charge in [0, 0.05) is 0 Å². The second-order valence-electron chi connectivity index (χ2n) is 3.50. The van der Waals surface area contributed by atoms with Crippen LogP contribution in [0.4, 0.5) is 0 Å². The van der Waals surface area contributed by atoms with Gasteiger partial charge < -0.3 is 9.84 Å². The Morgan fingerprint density at radius 3 is 2.47 bits per heavy atom. The SMILES string of the molecule is COc1ccc2ccccc2c1C(=O)C(=O)O. The van der Waals surface area contributed by atoms with Crippen molar-refractivity contribution in [1.82, 2.24) is 0 Å². The first kappa shape index (κ1) is 11.1. The number of rotatable bonds is 3. The lowest BCUT2D eigenvalue weighted by molar-refractivity contribution is -0.131. The van der Waals surface area contributed by atoms with Gasteiger partial charge in [-0.15, -0.1) is 0 Å². The van der Waals surface area contributed by atoms with Crippen LogP contribution in [-0.2, 0) is 4.79 Å². The molecular formula is C13H10O4. The van der Waals surface area contributed by atoms with Crippen LogP contribution in [0.2, 0.25) is 0 Å². The van der Waals surface area contributed by atoms with E-state index in [-0.39, 0.29) is 11.3 Å². The Bertz CT molecular complexity index is 601. The predicted octanol–water partition coefficient (Wildman–Crippen LogP) is 2.12. The number of fused-ring (bicyclic) bond motifs is 1. The molecule has 2 aromatic carbocycles. The van der Waals surface area contributed by atoms with E-state index in [4.69, 9.17) is 9.84 Å². The Balaban J connectivity index is 2.80. The Hall–Kier alpha value is -2.36. The number of carboxylic acid groups (broad SMARTS) is 1. The fraction of sp³-hybridized carbons (Fsp3) is 0.0769. The maximum atomic E-state index is 11.7. The third-order valence-corrected chi connectivity index (χ3v) is 2.53. The molecule has 86 valence electrons. The smallest absolute Gasteiger partial charge is 0.377 e. The summed E-state index contributed by atoms with van der Waals surface area (Å²) in [7, 11) is 1.41. The number of methoxy groups -OCH3 is 1. The van der Waals surface area contributed by atoms with E-state index in [9.17, 15) is 9.59 Å². The first-order valence-corrected chi connectivity index (χ1v) is 4.98. The monoisotopic (exact) mass is 230 g/mol. The molecule has 0 radical (unpaired) electrons. The van der Waals surface area contributed by atoms with Crippen LogP contribution >= 0.6 is 0 Å². The maximum Gasteiger partial charge on any atom is 0.377 e. The van der Waals surface area contributed by atoms with Gasteiger partial charge in [-0.1, -0.05) is 30.3 Å². The van der Waals surface area contributed by atoms with Crippen LogP contribution < -0.4 is 4.74 Å². The molecule has 2 aromatic rings. The fourth-order valence-corrected chi connectivity index (χ4v) is 1.76. The molecule has 0 amide bonds. The third kappa shape index (κ3) is 1.85. The zero-order chi connectivity index (χ0) is 12.4. The molecule has 0 aromatic heterocycles. The van der Waals surface area contributed by atoms with Gasteiger partial charge in [-0.3, -0.25) is 4.79 Å². The van der Waals surface area contributed by atoms with Crippen LogP contribution in [0, 0.1) is 0 Å². The van der Waals surface area contributed by atoms with Crippen LogP contribution in [0.1, 0.15) is 10.4 Å². The van der Waals surface area contributed by atoms with E-state index >= 15 is 0 Å². The first-order chi connectivity index (χ1) is 8.15. The molecule has 1 N–H and O–H groups in total. The highest BCUT2D eigenvalue weighted by atomic mass is 16.5. The predicted molar refractivity (Wildman–Crippen MR) is 62.5 cm³/mol. The Kier molecular flexibility index (Phi) is 2.78. The highest BCUT2D eigenvalue weighted by Gasteiger charge is 2.21. The number of carbonyl (C=O) groups is 2. The number of Topliss-reactive ketones (excluding diaryl/α,β-unsaturated/α-hetero) is 1. The minimum Gasteiger partial charge on any atom is -0.496 e. The molecule has 4 heteroatoms. The molecule has 0 heterocycles. The van der Waals surface area contributed by atoms with Crippen molar-refractivity contribution in [2.45, 2.75) is 0 Å². The lowest BCUT2D eigenvalue weighted by Crippen LogP contribution is -2.14. The molecule has 0 fully saturated rings. The molecular weight excluding hydrogens is 220 g/mol. The van der Waals surface area contributed by atoms with Gasteiger partial charge in [0.2, 0.25) is 0 Å². The van der Waals surface area contributed by atoms with E-state index in [2.05, 4.69) is 0 Å². The molecule has 0 aliphatic rings. The summed E-state index contributed by atoms with van der Waals surface area (Å²) in [6.45, 7) is 0. The minimum atomic E-state index is -1.49. The maximum absolute atomic E-state index is 11.7. The van der Waals surface area contributed by atoms with Gasteiger partial charge in [-0.2, -0.15) is 0 Å². The summed E-state index contributed by atoms with van der Waals surface area (Å²) in [5.74, 6) is -2.17. The van der Waals surface area contributed by atoms with Crippen LogP contribution in [0.25, 0.3) is 10.8 Å². The summed E-state index contributed by atoms with van der Waals surface area (Å²) in [4.78, 5) is 22.5. The Morgan fingerprint density at radius 1 is 1.12 bits per heavy atom. The van der Waals surface area contributed by atoms with E-state index in [0.717, 1.165) is 5.39 Å².